The summed E-state index contributed by atoms with van der Waals surface area (Å²) in [6, 6.07) is 6.78. The molecule has 1 aromatic carbocycles. The zero-order valence-corrected chi connectivity index (χ0v) is 14.0. The van der Waals surface area contributed by atoms with Crippen molar-refractivity contribution in [3.63, 3.8) is 0 Å². The van der Waals surface area contributed by atoms with E-state index in [0.717, 1.165) is 28.8 Å². The summed E-state index contributed by atoms with van der Waals surface area (Å²) >= 11 is 3.55. The second kappa shape index (κ2) is 6.28. The SMILES string of the molecule is CNC1CCC(c2nc(-c3ccc(C)c(Br)c3)no2)CC1. The molecule has 0 radical (unpaired) electrons. The van der Waals surface area contributed by atoms with E-state index in [9.17, 15) is 0 Å². The van der Waals surface area contributed by atoms with Crippen LogP contribution in [0.2, 0.25) is 0 Å². The summed E-state index contributed by atoms with van der Waals surface area (Å²) in [5.41, 5.74) is 2.19. The molecule has 1 aliphatic carbocycles. The molecule has 0 aliphatic heterocycles. The van der Waals surface area contributed by atoms with E-state index in [2.05, 4.69) is 44.4 Å². The predicted molar refractivity (Wildman–Crippen MR) is 86.2 cm³/mol. The smallest absolute Gasteiger partial charge is 0.230 e. The summed E-state index contributed by atoms with van der Waals surface area (Å²) in [6.45, 7) is 2.07. The first-order valence-electron chi connectivity index (χ1n) is 7.44. The van der Waals surface area contributed by atoms with E-state index < -0.39 is 0 Å². The summed E-state index contributed by atoms with van der Waals surface area (Å²) in [5, 5.41) is 7.50. The number of nitrogens with zero attached hydrogens (tertiary/aromatic N) is 2. The van der Waals surface area contributed by atoms with Crippen molar-refractivity contribution in [2.24, 2.45) is 0 Å². The van der Waals surface area contributed by atoms with E-state index in [0.29, 0.717) is 17.8 Å². The summed E-state index contributed by atoms with van der Waals surface area (Å²) in [4.78, 5) is 4.61. The molecular formula is C16H20BrN3O. The Morgan fingerprint density at radius 1 is 1.24 bits per heavy atom. The first kappa shape index (κ1) is 14.7. The van der Waals surface area contributed by atoms with Gasteiger partial charge < -0.3 is 9.84 Å². The summed E-state index contributed by atoms with van der Waals surface area (Å²) in [6.07, 6.45) is 4.58. The number of aromatic nitrogens is 2. The molecule has 4 nitrogen and oxygen atoms in total. The van der Waals surface area contributed by atoms with Gasteiger partial charge in [-0.3, -0.25) is 0 Å². The molecular weight excluding hydrogens is 330 g/mol. The molecule has 0 saturated heterocycles. The van der Waals surface area contributed by atoms with E-state index in [1.807, 2.05) is 19.2 Å². The average Bonchev–Trinajstić information content (AvgIpc) is 3.00. The molecule has 0 bridgehead atoms. The molecule has 21 heavy (non-hydrogen) atoms. The molecule has 2 aromatic rings. The van der Waals surface area contributed by atoms with Gasteiger partial charge in [-0.1, -0.05) is 33.2 Å². The quantitative estimate of drug-likeness (QED) is 0.907. The van der Waals surface area contributed by atoms with Gasteiger partial charge in [0, 0.05) is 22.0 Å². The van der Waals surface area contributed by atoms with Gasteiger partial charge in [-0.15, -0.1) is 0 Å². The Labute approximate surface area is 133 Å². The van der Waals surface area contributed by atoms with Crippen LogP contribution in [0.15, 0.2) is 27.2 Å². The van der Waals surface area contributed by atoms with Crippen molar-refractivity contribution in [3.8, 4) is 11.4 Å². The van der Waals surface area contributed by atoms with Crippen molar-refractivity contribution < 1.29 is 4.52 Å². The van der Waals surface area contributed by atoms with Gasteiger partial charge in [0.05, 0.1) is 0 Å². The minimum absolute atomic E-state index is 0.407. The van der Waals surface area contributed by atoms with Crippen LogP contribution < -0.4 is 5.32 Å². The highest BCUT2D eigenvalue weighted by Crippen LogP contribution is 2.33. The van der Waals surface area contributed by atoms with Crippen LogP contribution in [0, 0.1) is 6.92 Å². The molecule has 1 heterocycles. The monoisotopic (exact) mass is 349 g/mol. The third-order valence-electron chi connectivity index (χ3n) is 4.36. The molecule has 0 unspecified atom stereocenters. The second-order valence-electron chi connectivity index (χ2n) is 5.76. The summed E-state index contributed by atoms with van der Waals surface area (Å²) in [7, 11) is 2.03. The van der Waals surface area contributed by atoms with Crippen molar-refractivity contribution >= 4 is 15.9 Å². The van der Waals surface area contributed by atoms with Crippen molar-refractivity contribution in [2.75, 3.05) is 7.05 Å². The Kier molecular flexibility index (Phi) is 4.40. The van der Waals surface area contributed by atoms with Crippen molar-refractivity contribution in [1.29, 1.82) is 0 Å². The molecule has 5 heteroatoms. The van der Waals surface area contributed by atoms with E-state index in [4.69, 9.17) is 4.52 Å². The van der Waals surface area contributed by atoms with Gasteiger partial charge in [0.15, 0.2) is 0 Å². The van der Waals surface area contributed by atoms with Crippen LogP contribution in [0.3, 0.4) is 0 Å². The fraction of sp³-hybridized carbons (Fsp3) is 0.500. The lowest BCUT2D eigenvalue weighted by molar-refractivity contribution is 0.289. The van der Waals surface area contributed by atoms with E-state index in [-0.39, 0.29) is 0 Å². The maximum absolute atomic E-state index is 5.50. The van der Waals surface area contributed by atoms with Crippen molar-refractivity contribution in [2.45, 2.75) is 44.6 Å². The van der Waals surface area contributed by atoms with Gasteiger partial charge in [0.1, 0.15) is 0 Å². The van der Waals surface area contributed by atoms with Crippen molar-refractivity contribution in [1.82, 2.24) is 15.5 Å². The van der Waals surface area contributed by atoms with E-state index in [1.165, 1.54) is 18.4 Å². The Bertz CT molecular complexity index is 618. The minimum Gasteiger partial charge on any atom is -0.339 e. The van der Waals surface area contributed by atoms with Crippen LogP contribution in [0.4, 0.5) is 0 Å². The van der Waals surface area contributed by atoms with Gasteiger partial charge in [0.2, 0.25) is 11.7 Å². The number of hydrogen-bond donors (Lipinski definition) is 1. The van der Waals surface area contributed by atoms with Crippen LogP contribution in [0.1, 0.15) is 43.1 Å². The fourth-order valence-corrected chi connectivity index (χ4v) is 3.26. The molecule has 1 fully saturated rings. The van der Waals surface area contributed by atoms with E-state index in [1.54, 1.807) is 0 Å². The van der Waals surface area contributed by atoms with Crippen LogP contribution in [-0.2, 0) is 0 Å². The molecule has 0 amide bonds. The number of benzene rings is 1. The average molecular weight is 350 g/mol. The Morgan fingerprint density at radius 2 is 2.00 bits per heavy atom. The first-order chi connectivity index (χ1) is 10.2. The largest absolute Gasteiger partial charge is 0.339 e. The number of nitrogens with one attached hydrogen (secondary N) is 1. The molecule has 112 valence electrons. The summed E-state index contributed by atoms with van der Waals surface area (Å²) in [5.74, 6) is 1.88. The zero-order valence-electron chi connectivity index (χ0n) is 12.4. The number of rotatable bonds is 3. The highest BCUT2D eigenvalue weighted by atomic mass is 79.9. The third-order valence-corrected chi connectivity index (χ3v) is 5.21. The zero-order chi connectivity index (χ0) is 14.8. The van der Waals surface area contributed by atoms with Gasteiger partial charge >= 0.3 is 0 Å². The lowest BCUT2D eigenvalue weighted by Gasteiger charge is -2.25. The van der Waals surface area contributed by atoms with Crippen LogP contribution >= 0.6 is 15.9 Å². The van der Waals surface area contributed by atoms with Gasteiger partial charge in [-0.25, -0.2) is 0 Å². The fourth-order valence-electron chi connectivity index (χ4n) is 2.88. The predicted octanol–water partition coefficient (Wildman–Crippen LogP) is 4.05. The maximum Gasteiger partial charge on any atom is 0.230 e. The molecule has 1 N–H and O–H groups in total. The van der Waals surface area contributed by atoms with Crippen molar-refractivity contribution in [3.05, 3.63) is 34.1 Å². The normalized spacial score (nSPS) is 22.4. The van der Waals surface area contributed by atoms with Crippen LogP contribution in [0.25, 0.3) is 11.4 Å². The van der Waals surface area contributed by atoms with Gasteiger partial charge in [0.25, 0.3) is 0 Å². The first-order valence-corrected chi connectivity index (χ1v) is 8.24. The lowest BCUT2D eigenvalue weighted by atomic mass is 9.86. The number of aryl methyl sites for hydroxylation is 1. The third kappa shape index (κ3) is 3.19. The van der Waals surface area contributed by atoms with E-state index >= 15 is 0 Å². The number of halogens is 1. The molecule has 3 rings (SSSR count). The number of hydrogen-bond acceptors (Lipinski definition) is 4. The maximum atomic E-state index is 5.50. The Morgan fingerprint density at radius 3 is 2.67 bits per heavy atom. The van der Waals surface area contributed by atoms with Crippen LogP contribution in [0.5, 0.6) is 0 Å². The highest BCUT2D eigenvalue weighted by molar-refractivity contribution is 9.10. The summed E-state index contributed by atoms with van der Waals surface area (Å²) < 4.78 is 6.57. The topological polar surface area (TPSA) is 51.0 Å². The lowest BCUT2D eigenvalue weighted by Crippen LogP contribution is -2.29. The Hall–Kier alpha value is -1.20. The Balaban J connectivity index is 1.76. The molecule has 1 aromatic heterocycles. The highest BCUT2D eigenvalue weighted by Gasteiger charge is 2.25. The second-order valence-corrected chi connectivity index (χ2v) is 6.61. The van der Waals surface area contributed by atoms with Gasteiger partial charge in [-0.2, -0.15) is 4.98 Å². The van der Waals surface area contributed by atoms with Gasteiger partial charge in [-0.05, 0) is 51.3 Å². The minimum atomic E-state index is 0.407. The molecule has 0 spiro atoms. The molecule has 1 aliphatic rings. The van der Waals surface area contributed by atoms with Crippen LogP contribution in [-0.4, -0.2) is 23.2 Å². The standard InChI is InChI=1S/C16H20BrN3O/c1-10-3-4-12(9-14(10)17)15-19-16(21-20-15)11-5-7-13(18-2)8-6-11/h3-4,9,11,13,18H,5-8H2,1-2H3. The molecule has 1 saturated carbocycles. The molecule has 0 atom stereocenters.